The number of nitrogens with zero attached hydrogens (tertiary/aromatic N) is 4. The second-order valence-corrected chi connectivity index (χ2v) is 21.1. The van der Waals surface area contributed by atoms with E-state index in [1.54, 1.807) is 58.2 Å². The molecule has 0 unspecified atom stereocenters. The van der Waals surface area contributed by atoms with Gasteiger partial charge in [0.2, 0.25) is 11.8 Å². The molecule has 2 aromatic heterocycles. The number of hydrogen-bond acceptors (Lipinski definition) is 16. The summed E-state index contributed by atoms with van der Waals surface area (Å²) in [7, 11) is 1.56. The number of likely N-dealkylation sites (N-methyl/N-ethyl adjacent to an activating group) is 1. The number of aromatic hydroxyl groups is 4. The zero-order valence-corrected chi connectivity index (χ0v) is 44.3. The van der Waals surface area contributed by atoms with Crippen LogP contribution >= 0.6 is 22.7 Å². The molecule has 0 fully saturated rings. The number of carbonyl (C=O) groups is 6. The van der Waals surface area contributed by atoms with Crippen LogP contribution in [0.2, 0.25) is 0 Å². The summed E-state index contributed by atoms with van der Waals surface area (Å²) in [5.41, 5.74) is 1.45. The lowest BCUT2D eigenvalue weighted by atomic mass is 9.78. The van der Waals surface area contributed by atoms with Crippen LogP contribution in [0, 0.1) is 6.92 Å². The number of nitrogens with one attached hydrogen (secondary N) is 2. The van der Waals surface area contributed by atoms with Gasteiger partial charge in [0.25, 0.3) is 5.91 Å². The quantitative estimate of drug-likeness (QED) is 0.0298. The SMILES string of the molecule is C=c1c(C)c(O)c(=C)c(C(C)(C)CC(=O)N(C)CCN(CCCC(=O)NCCNC(=O)c2ccc(C3c4ccc(O)cc4Oc4cc(O)ccc43)c(C(=O)O)c2)C(=O)Oc2ccc3nc(-c4nc(C(=O)O)cs4)sc3c2)c1O. The number of aromatic nitrogens is 2. The number of carboxylic acid groups (broad SMARTS) is 2. The second-order valence-electron chi connectivity index (χ2n) is 19.2. The van der Waals surface area contributed by atoms with Crippen LogP contribution in [0.4, 0.5) is 4.79 Å². The summed E-state index contributed by atoms with van der Waals surface area (Å²) in [6, 6.07) is 18.0. The monoisotopic (exact) mass is 1100 g/mol. The Morgan fingerprint density at radius 3 is 2.09 bits per heavy atom. The highest BCUT2D eigenvalue weighted by Gasteiger charge is 2.34. The minimum atomic E-state index is -1.30. The first-order chi connectivity index (χ1) is 37.0. The fourth-order valence-electron chi connectivity index (χ4n) is 9.13. The van der Waals surface area contributed by atoms with E-state index in [0.717, 1.165) is 11.3 Å². The Kier molecular flexibility index (Phi) is 16.1. The Labute approximate surface area is 453 Å². The fraction of sp³-hybridized carbons (Fsp3) is 0.250. The molecule has 0 bridgehead atoms. The van der Waals surface area contributed by atoms with E-state index in [-0.39, 0.29) is 131 Å². The van der Waals surface area contributed by atoms with Gasteiger partial charge in [0.15, 0.2) is 15.7 Å². The lowest BCUT2D eigenvalue weighted by molar-refractivity contribution is -0.131. The number of carboxylic acids is 2. The molecule has 0 aliphatic carbocycles. The normalized spacial score (nSPS) is 12.0. The number of rotatable bonds is 19. The Morgan fingerprint density at radius 2 is 1.44 bits per heavy atom. The molecule has 0 radical (unpaired) electrons. The minimum absolute atomic E-state index is 0.00940. The maximum Gasteiger partial charge on any atom is 0.415 e. The van der Waals surface area contributed by atoms with Gasteiger partial charge in [-0.25, -0.2) is 24.4 Å². The molecule has 22 heteroatoms. The summed E-state index contributed by atoms with van der Waals surface area (Å²) in [4.78, 5) is 89.7. The number of phenols is 4. The van der Waals surface area contributed by atoms with Crippen molar-refractivity contribution in [2.75, 3.05) is 39.8 Å². The van der Waals surface area contributed by atoms with E-state index in [4.69, 9.17) is 9.47 Å². The van der Waals surface area contributed by atoms with Gasteiger partial charge < -0.3 is 60.5 Å². The molecule has 1 aliphatic heterocycles. The predicted octanol–water partition coefficient (Wildman–Crippen LogP) is 7.01. The number of amides is 4. The molecule has 78 heavy (non-hydrogen) atoms. The summed E-state index contributed by atoms with van der Waals surface area (Å²) in [6.45, 7) is 12.9. The summed E-state index contributed by atoms with van der Waals surface area (Å²) >= 11 is 2.36. The van der Waals surface area contributed by atoms with Crippen LogP contribution in [-0.4, -0.2) is 126 Å². The molecule has 20 nitrogen and oxygen atoms in total. The van der Waals surface area contributed by atoms with Gasteiger partial charge in [-0.15, -0.1) is 22.7 Å². The van der Waals surface area contributed by atoms with Crippen molar-refractivity contribution in [1.82, 2.24) is 30.4 Å². The molecule has 1 aliphatic rings. The van der Waals surface area contributed by atoms with Crippen molar-refractivity contribution in [3.05, 3.63) is 133 Å². The van der Waals surface area contributed by atoms with E-state index in [2.05, 4.69) is 33.8 Å². The van der Waals surface area contributed by atoms with Gasteiger partial charge in [-0.1, -0.05) is 45.2 Å². The standard InChI is InChI=1S/C56H54N6O14S2/c1-28-29(2)49(68)47(30(3)48(28)67)56(4,5)26-45(66)61(6)20-21-62(55(74)75-34-12-16-39-43(25-34)78-52(59-39)51-60-40(27-77-51)54(72)73)19-7-8-44(65)57-17-18-58-50(69)31-9-13-35(38(22-31)53(70)71)46-36-14-10-32(63)23-41(36)76-42-24-33(64)11-15-37(42)46/h9-16,22-25,27,46,63-64,67-68H,2-3,7-8,17-21,26H2,1,4-6H3,(H,57,65)(H,58,69)(H,70,71)(H,72,73). The molecule has 404 valence electrons. The number of benzene rings is 5. The molecule has 0 saturated carbocycles. The van der Waals surface area contributed by atoms with Crippen molar-refractivity contribution in [3.63, 3.8) is 0 Å². The van der Waals surface area contributed by atoms with E-state index >= 15 is 0 Å². The summed E-state index contributed by atoms with van der Waals surface area (Å²) in [6.07, 6.45) is -0.779. The average molecular weight is 1100 g/mol. The highest BCUT2D eigenvalue weighted by Crippen LogP contribution is 2.50. The molecular formula is C56H54N6O14S2. The molecule has 0 spiro atoms. The first-order valence-electron chi connectivity index (χ1n) is 24.3. The van der Waals surface area contributed by atoms with E-state index in [1.807, 2.05) is 0 Å². The van der Waals surface area contributed by atoms with Gasteiger partial charge in [-0.05, 0) is 55.3 Å². The molecule has 5 aromatic carbocycles. The Morgan fingerprint density at radius 1 is 0.769 bits per heavy atom. The molecule has 0 atom stereocenters. The van der Waals surface area contributed by atoms with Crippen LogP contribution in [0.15, 0.2) is 78.2 Å². The third-order valence-electron chi connectivity index (χ3n) is 13.3. The predicted molar refractivity (Wildman–Crippen MR) is 291 cm³/mol. The summed E-state index contributed by atoms with van der Waals surface area (Å²) < 4.78 is 12.4. The van der Waals surface area contributed by atoms with Crippen LogP contribution in [0.5, 0.6) is 40.2 Å². The first kappa shape index (κ1) is 55.2. The fourth-order valence-corrected chi connectivity index (χ4v) is 11.0. The van der Waals surface area contributed by atoms with Gasteiger partial charge >= 0.3 is 18.0 Å². The third-order valence-corrected chi connectivity index (χ3v) is 15.3. The second kappa shape index (κ2) is 22.7. The molecule has 7 aromatic rings. The zero-order chi connectivity index (χ0) is 56.3. The van der Waals surface area contributed by atoms with Gasteiger partial charge in [0.1, 0.15) is 40.2 Å². The van der Waals surface area contributed by atoms with Crippen molar-refractivity contribution in [2.24, 2.45) is 0 Å². The van der Waals surface area contributed by atoms with Gasteiger partial charge in [-0.2, -0.15) is 0 Å². The van der Waals surface area contributed by atoms with Crippen LogP contribution in [-0.2, 0) is 15.0 Å². The minimum Gasteiger partial charge on any atom is -0.508 e. The van der Waals surface area contributed by atoms with Crippen LogP contribution in [0.3, 0.4) is 0 Å². The van der Waals surface area contributed by atoms with Crippen LogP contribution in [0.25, 0.3) is 33.4 Å². The largest absolute Gasteiger partial charge is 0.508 e. The Bertz CT molecular complexity index is 3620. The lowest BCUT2D eigenvalue weighted by Gasteiger charge is -2.30. The molecule has 8 N–H and O–H groups in total. The topological polar surface area (TPSA) is 299 Å². The molecule has 0 saturated heterocycles. The number of aromatic carboxylic acids is 2. The first-order valence-corrected chi connectivity index (χ1v) is 26.0. The molecular weight excluding hydrogens is 1040 g/mol. The van der Waals surface area contributed by atoms with Crippen molar-refractivity contribution >= 4 is 81.8 Å². The number of thiazole rings is 2. The summed E-state index contributed by atoms with van der Waals surface area (Å²) in [5, 5.41) is 69.9. The van der Waals surface area contributed by atoms with Crippen molar-refractivity contribution < 1.29 is 68.9 Å². The van der Waals surface area contributed by atoms with Crippen molar-refractivity contribution in [1.29, 1.82) is 0 Å². The number of ether oxygens (including phenoxy) is 2. The van der Waals surface area contributed by atoms with E-state index in [0.29, 0.717) is 42.5 Å². The van der Waals surface area contributed by atoms with E-state index < -0.39 is 41.2 Å². The highest BCUT2D eigenvalue weighted by atomic mass is 32.1. The van der Waals surface area contributed by atoms with Gasteiger partial charge in [-0.3, -0.25) is 14.4 Å². The maximum absolute atomic E-state index is 13.9. The zero-order valence-electron chi connectivity index (χ0n) is 42.7. The van der Waals surface area contributed by atoms with Crippen LogP contribution < -0.4 is 30.5 Å². The number of phenolic OH excluding ortho intramolecular Hbond substituents is 4. The number of carbonyl (C=O) groups excluding carboxylic acids is 4. The average Bonchev–Trinajstić information content (AvgIpc) is 4.22. The van der Waals surface area contributed by atoms with E-state index in [9.17, 15) is 59.4 Å². The van der Waals surface area contributed by atoms with Gasteiger partial charge in [0.05, 0.1) is 15.8 Å². The molecule has 8 rings (SSSR count). The van der Waals surface area contributed by atoms with Gasteiger partial charge in [0, 0.05) is 126 Å². The van der Waals surface area contributed by atoms with Crippen molar-refractivity contribution in [2.45, 2.75) is 51.4 Å². The number of hydrogen-bond donors (Lipinski definition) is 8. The lowest BCUT2D eigenvalue weighted by Crippen LogP contribution is -2.43. The highest BCUT2D eigenvalue weighted by molar-refractivity contribution is 7.25. The third kappa shape index (κ3) is 11.8. The Hall–Kier alpha value is -9.02. The Balaban J connectivity index is 0.895. The number of fused-ring (bicyclic) bond motifs is 3. The summed E-state index contributed by atoms with van der Waals surface area (Å²) in [5.74, 6) is -4.24. The molecule has 4 amide bonds. The van der Waals surface area contributed by atoms with Crippen molar-refractivity contribution in [3.8, 4) is 50.3 Å². The van der Waals surface area contributed by atoms with E-state index in [1.165, 1.54) is 69.0 Å². The molecule has 3 heterocycles. The smallest absolute Gasteiger partial charge is 0.415 e. The van der Waals surface area contributed by atoms with Crippen LogP contribution in [0.1, 0.15) is 98.0 Å². The maximum atomic E-state index is 13.9.